The molecular weight excluding hydrogens is 263 g/mol. The standard InChI is InChI=1S/C15H15FO4/c1-15(19-6-7-20-15)11-8-13(18-9-11)14(17)10-2-4-12(16)5-3-10/h2-5,8-9,14,17H,6-7H2,1H3. The Bertz CT molecular complexity index is 584. The van der Waals surface area contributed by atoms with E-state index in [1.807, 2.05) is 0 Å². The van der Waals surface area contributed by atoms with Crippen LogP contribution in [-0.2, 0) is 15.3 Å². The van der Waals surface area contributed by atoms with Gasteiger partial charge in [0.1, 0.15) is 17.7 Å². The predicted octanol–water partition coefficient (Wildman–Crippen LogP) is 2.72. The number of rotatable bonds is 3. The van der Waals surface area contributed by atoms with E-state index < -0.39 is 11.9 Å². The van der Waals surface area contributed by atoms with Crippen molar-refractivity contribution in [2.75, 3.05) is 13.2 Å². The molecule has 0 radical (unpaired) electrons. The number of hydrogen-bond acceptors (Lipinski definition) is 4. The molecule has 4 nitrogen and oxygen atoms in total. The minimum Gasteiger partial charge on any atom is -0.466 e. The van der Waals surface area contributed by atoms with Gasteiger partial charge in [0.05, 0.1) is 19.5 Å². The molecule has 1 aromatic carbocycles. The second kappa shape index (κ2) is 5.01. The van der Waals surface area contributed by atoms with E-state index >= 15 is 0 Å². The maximum atomic E-state index is 12.9. The number of ether oxygens (including phenoxy) is 2. The SMILES string of the molecule is CC1(c2coc(C(O)c3ccc(F)cc3)c2)OCCO1. The molecule has 0 bridgehead atoms. The van der Waals surface area contributed by atoms with Crippen LogP contribution in [0, 0.1) is 5.82 Å². The minimum absolute atomic E-state index is 0.346. The largest absolute Gasteiger partial charge is 0.466 e. The quantitative estimate of drug-likeness (QED) is 0.938. The van der Waals surface area contributed by atoms with Crippen LogP contribution < -0.4 is 0 Å². The van der Waals surface area contributed by atoms with Gasteiger partial charge in [-0.3, -0.25) is 0 Å². The predicted molar refractivity (Wildman–Crippen MR) is 68.4 cm³/mol. The molecule has 1 unspecified atom stereocenters. The Hall–Kier alpha value is -1.69. The lowest BCUT2D eigenvalue weighted by molar-refractivity contribution is -0.150. The number of hydrogen-bond donors (Lipinski definition) is 1. The van der Waals surface area contributed by atoms with Gasteiger partial charge in [-0.05, 0) is 30.7 Å². The average molecular weight is 278 g/mol. The fourth-order valence-corrected chi connectivity index (χ4v) is 2.22. The molecule has 1 aliphatic rings. The molecule has 1 atom stereocenters. The van der Waals surface area contributed by atoms with Crippen LogP contribution in [0.5, 0.6) is 0 Å². The number of aliphatic hydroxyl groups excluding tert-OH is 1. The summed E-state index contributed by atoms with van der Waals surface area (Å²) in [6, 6.07) is 7.33. The fraction of sp³-hybridized carbons (Fsp3) is 0.333. The van der Waals surface area contributed by atoms with Gasteiger partial charge in [-0.2, -0.15) is 0 Å². The van der Waals surface area contributed by atoms with Crippen molar-refractivity contribution in [1.82, 2.24) is 0 Å². The summed E-state index contributed by atoms with van der Waals surface area (Å²) < 4.78 is 29.3. The van der Waals surface area contributed by atoms with Crippen molar-refractivity contribution in [2.45, 2.75) is 18.8 Å². The van der Waals surface area contributed by atoms with E-state index in [1.165, 1.54) is 30.5 Å². The zero-order valence-electron chi connectivity index (χ0n) is 11.0. The van der Waals surface area contributed by atoms with Crippen LogP contribution in [0.4, 0.5) is 4.39 Å². The molecule has 1 aliphatic heterocycles. The van der Waals surface area contributed by atoms with E-state index in [2.05, 4.69) is 0 Å². The lowest BCUT2D eigenvalue weighted by atomic mass is 10.1. The Morgan fingerprint density at radius 1 is 1.20 bits per heavy atom. The lowest BCUT2D eigenvalue weighted by Crippen LogP contribution is -2.21. The lowest BCUT2D eigenvalue weighted by Gasteiger charge is -2.19. The van der Waals surface area contributed by atoms with Crippen molar-refractivity contribution in [3.8, 4) is 0 Å². The van der Waals surface area contributed by atoms with Crippen LogP contribution in [0.3, 0.4) is 0 Å². The molecule has 0 spiro atoms. The van der Waals surface area contributed by atoms with Crippen molar-refractivity contribution in [3.63, 3.8) is 0 Å². The van der Waals surface area contributed by atoms with Crippen molar-refractivity contribution in [3.05, 3.63) is 59.3 Å². The van der Waals surface area contributed by atoms with Gasteiger partial charge >= 0.3 is 0 Å². The number of benzene rings is 1. The summed E-state index contributed by atoms with van der Waals surface area (Å²) in [6.45, 7) is 2.86. The summed E-state index contributed by atoms with van der Waals surface area (Å²) in [5.74, 6) is -0.808. The molecule has 3 rings (SSSR count). The van der Waals surface area contributed by atoms with Crippen LogP contribution in [0.25, 0.3) is 0 Å². The first-order valence-corrected chi connectivity index (χ1v) is 6.39. The van der Waals surface area contributed by atoms with Crippen molar-refractivity contribution in [2.24, 2.45) is 0 Å². The Kier molecular flexibility index (Phi) is 3.33. The van der Waals surface area contributed by atoms with Gasteiger partial charge in [-0.25, -0.2) is 4.39 Å². The first-order valence-electron chi connectivity index (χ1n) is 6.39. The van der Waals surface area contributed by atoms with E-state index in [1.54, 1.807) is 13.0 Å². The van der Waals surface area contributed by atoms with Gasteiger partial charge in [0.25, 0.3) is 0 Å². The summed E-state index contributed by atoms with van der Waals surface area (Å²) in [6.07, 6.45) is 0.558. The first kappa shape index (κ1) is 13.3. The number of halogens is 1. The normalized spacial score (nSPS) is 19.1. The Morgan fingerprint density at radius 3 is 2.50 bits per heavy atom. The molecule has 5 heteroatoms. The van der Waals surface area contributed by atoms with Crippen LogP contribution in [0.1, 0.15) is 29.9 Å². The topological polar surface area (TPSA) is 51.8 Å². The molecule has 106 valence electrons. The van der Waals surface area contributed by atoms with E-state index in [9.17, 15) is 9.50 Å². The van der Waals surface area contributed by atoms with E-state index in [0.29, 0.717) is 30.1 Å². The van der Waals surface area contributed by atoms with Crippen molar-refractivity contribution < 1.29 is 23.4 Å². The average Bonchev–Trinajstić information content (AvgIpc) is 3.08. The zero-order chi connectivity index (χ0) is 14.2. The first-order chi connectivity index (χ1) is 9.58. The summed E-state index contributed by atoms with van der Waals surface area (Å²) in [4.78, 5) is 0. The molecular formula is C15H15FO4. The molecule has 1 N–H and O–H groups in total. The molecule has 2 heterocycles. The molecule has 0 saturated carbocycles. The smallest absolute Gasteiger partial charge is 0.195 e. The van der Waals surface area contributed by atoms with Crippen LogP contribution in [0.2, 0.25) is 0 Å². The number of aliphatic hydroxyl groups is 1. The van der Waals surface area contributed by atoms with Gasteiger partial charge in [0.2, 0.25) is 0 Å². The molecule has 2 aromatic rings. The van der Waals surface area contributed by atoms with Crippen LogP contribution in [-0.4, -0.2) is 18.3 Å². The summed E-state index contributed by atoms with van der Waals surface area (Å²) in [5, 5.41) is 10.2. The van der Waals surface area contributed by atoms with E-state index in [4.69, 9.17) is 13.9 Å². The molecule has 1 fully saturated rings. The molecule has 0 amide bonds. The summed E-state index contributed by atoms with van der Waals surface area (Å²) in [7, 11) is 0. The van der Waals surface area contributed by atoms with Gasteiger partial charge < -0.3 is 19.0 Å². The van der Waals surface area contributed by atoms with E-state index in [-0.39, 0.29) is 5.82 Å². The van der Waals surface area contributed by atoms with E-state index in [0.717, 1.165) is 0 Å². The maximum Gasteiger partial charge on any atom is 0.195 e. The second-order valence-electron chi connectivity index (χ2n) is 4.83. The van der Waals surface area contributed by atoms with Gasteiger partial charge in [-0.1, -0.05) is 12.1 Å². The Balaban J connectivity index is 1.84. The highest BCUT2D eigenvalue weighted by Gasteiger charge is 2.35. The molecule has 1 aromatic heterocycles. The summed E-state index contributed by atoms with van der Waals surface area (Å²) in [5.41, 5.74) is 1.27. The highest BCUT2D eigenvalue weighted by molar-refractivity contribution is 5.28. The second-order valence-corrected chi connectivity index (χ2v) is 4.83. The highest BCUT2D eigenvalue weighted by atomic mass is 19.1. The molecule has 20 heavy (non-hydrogen) atoms. The number of furan rings is 1. The third-order valence-electron chi connectivity index (χ3n) is 3.44. The Morgan fingerprint density at radius 2 is 1.85 bits per heavy atom. The molecule has 0 aliphatic carbocycles. The monoisotopic (exact) mass is 278 g/mol. The van der Waals surface area contributed by atoms with Gasteiger partial charge in [0, 0.05) is 5.56 Å². The van der Waals surface area contributed by atoms with Crippen LogP contribution >= 0.6 is 0 Å². The van der Waals surface area contributed by atoms with Crippen molar-refractivity contribution >= 4 is 0 Å². The third-order valence-corrected chi connectivity index (χ3v) is 3.44. The highest BCUT2D eigenvalue weighted by Crippen LogP contribution is 2.34. The maximum absolute atomic E-state index is 12.9. The zero-order valence-corrected chi connectivity index (χ0v) is 11.0. The van der Waals surface area contributed by atoms with Crippen LogP contribution in [0.15, 0.2) is 41.0 Å². The van der Waals surface area contributed by atoms with Gasteiger partial charge in [0.15, 0.2) is 5.79 Å². The van der Waals surface area contributed by atoms with Gasteiger partial charge in [-0.15, -0.1) is 0 Å². The molecule has 1 saturated heterocycles. The third kappa shape index (κ3) is 2.35. The minimum atomic E-state index is -0.950. The Labute approximate surface area is 115 Å². The summed E-state index contributed by atoms with van der Waals surface area (Å²) >= 11 is 0. The van der Waals surface area contributed by atoms with Crippen molar-refractivity contribution in [1.29, 1.82) is 0 Å². The fourth-order valence-electron chi connectivity index (χ4n) is 2.22.